The number of carbonyl (C=O) groups excluding carboxylic acids is 1. The minimum Gasteiger partial charge on any atom is -0.506 e. The van der Waals surface area contributed by atoms with E-state index in [1.807, 2.05) is 17.8 Å². The van der Waals surface area contributed by atoms with Gasteiger partial charge in [0, 0.05) is 38.9 Å². The summed E-state index contributed by atoms with van der Waals surface area (Å²) in [6.45, 7) is 1.38. The SMILES string of the molecule is Cn1ccnc1[C@@H](NC(=O)c1cncc(O)c1)C1CCOCC1. The van der Waals surface area contributed by atoms with Gasteiger partial charge in [-0.15, -0.1) is 0 Å². The molecule has 3 rings (SSSR count). The number of nitrogens with zero attached hydrogens (tertiary/aromatic N) is 3. The number of carbonyl (C=O) groups is 1. The van der Waals surface area contributed by atoms with E-state index in [0.29, 0.717) is 18.8 Å². The third kappa shape index (κ3) is 3.50. The highest BCUT2D eigenvalue weighted by atomic mass is 16.5. The van der Waals surface area contributed by atoms with Crippen LogP contribution >= 0.6 is 0 Å². The average molecular weight is 316 g/mol. The molecule has 2 N–H and O–H groups in total. The number of pyridine rings is 1. The Hall–Kier alpha value is -2.41. The zero-order chi connectivity index (χ0) is 16.2. The Morgan fingerprint density at radius 3 is 2.87 bits per heavy atom. The number of aromatic hydroxyl groups is 1. The van der Waals surface area contributed by atoms with E-state index in [9.17, 15) is 9.90 Å². The standard InChI is InChI=1S/C16H20N4O3/c1-20-5-4-18-15(20)14(11-2-6-23-7-3-11)19-16(22)12-8-13(21)10-17-9-12/h4-5,8-11,14,21H,2-3,6-7H2,1H3,(H,19,22)/t14-/m0/s1. The molecule has 7 heteroatoms. The van der Waals surface area contributed by atoms with Crippen molar-refractivity contribution in [2.45, 2.75) is 18.9 Å². The Morgan fingerprint density at radius 2 is 2.22 bits per heavy atom. The van der Waals surface area contributed by atoms with Gasteiger partial charge in [0.05, 0.1) is 17.8 Å². The molecular weight excluding hydrogens is 296 g/mol. The molecule has 1 amide bonds. The van der Waals surface area contributed by atoms with Gasteiger partial charge in [-0.2, -0.15) is 0 Å². The van der Waals surface area contributed by atoms with Crippen LogP contribution in [0.2, 0.25) is 0 Å². The van der Waals surface area contributed by atoms with E-state index in [0.717, 1.165) is 18.7 Å². The molecule has 2 aromatic rings. The molecular formula is C16H20N4O3. The summed E-state index contributed by atoms with van der Waals surface area (Å²) in [7, 11) is 1.91. The van der Waals surface area contributed by atoms with Crippen molar-refractivity contribution >= 4 is 5.91 Å². The van der Waals surface area contributed by atoms with Crippen LogP contribution < -0.4 is 5.32 Å². The number of rotatable bonds is 4. The minimum absolute atomic E-state index is 0.0303. The molecule has 0 unspecified atom stereocenters. The molecule has 0 radical (unpaired) electrons. The van der Waals surface area contributed by atoms with Crippen molar-refractivity contribution in [3.05, 3.63) is 42.2 Å². The van der Waals surface area contributed by atoms with E-state index < -0.39 is 0 Å². The van der Waals surface area contributed by atoms with Gasteiger partial charge >= 0.3 is 0 Å². The summed E-state index contributed by atoms with van der Waals surface area (Å²) in [5.41, 5.74) is 0.330. The van der Waals surface area contributed by atoms with E-state index in [1.165, 1.54) is 18.5 Å². The van der Waals surface area contributed by atoms with Gasteiger partial charge in [-0.25, -0.2) is 4.98 Å². The first kappa shape index (κ1) is 15.5. The summed E-state index contributed by atoms with van der Waals surface area (Å²) in [4.78, 5) is 20.8. The fourth-order valence-electron chi connectivity index (χ4n) is 2.90. The maximum absolute atomic E-state index is 12.5. The van der Waals surface area contributed by atoms with Crippen molar-refractivity contribution in [3.8, 4) is 5.75 Å². The quantitative estimate of drug-likeness (QED) is 0.890. The van der Waals surface area contributed by atoms with Crippen LogP contribution in [-0.4, -0.2) is 38.8 Å². The van der Waals surface area contributed by atoms with Crippen molar-refractivity contribution in [1.29, 1.82) is 0 Å². The third-order valence-corrected chi connectivity index (χ3v) is 4.15. The topological polar surface area (TPSA) is 89.3 Å². The molecule has 23 heavy (non-hydrogen) atoms. The van der Waals surface area contributed by atoms with Crippen molar-refractivity contribution in [1.82, 2.24) is 19.9 Å². The maximum Gasteiger partial charge on any atom is 0.253 e. The number of nitrogens with one attached hydrogen (secondary N) is 1. The Morgan fingerprint density at radius 1 is 1.43 bits per heavy atom. The highest BCUT2D eigenvalue weighted by Gasteiger charge is 2.30. The smallest absolute Gasteiger partial charge is 0.253 e. The van der Waals surface area contributed by atoms with Crippen LogP contribution in [0.15, 0.2) is 30.9 Å². The van der Waals surface area contributed by atoms with Crippen LogP contribution in [0.1, 0.15) is 35.1 Å². The largest absolute Gasteiger partial charge is 0.506 e. The van der Waals surface area contributed by atoms with E-state index in [4.69, 9.17) is 4.74 Å². The molecule has 1 aliphatic rings. The summed E-state index contributed by atoms with van der Waals surface area (Å²) in [5, 5.41) is 12.5. The number of imidazole rings is 1. The first-order chi connectivity index (χ1) is 11.1. The second-order valence-corrected chi connectivity index (χ2v) is 5.73. The van der Waals surface area contributed by atoms with Crippen LogP contribution in [0, 0.1) is 5.92 Å². The highest BCUT2D eigenvalue weighted by Crippen LogP contribution is 2.29. The second-order valence-electron chi connectivity index (χ2n) is 5.73. The molecule has 1 saturated heterocycles. The Labute approximate surface area is 134 Å². The van der Waals surface area contributed by atoms with E-state index in [1.54, 1.807) is 6.20 Å². The Balaban J connectivity index is 1.83. The van der Waals surface area contributed by atoms with E-state index in [-0.39, 0.29) is 23.6 Å². The fraction of sp³-hybridized carbons (Fsp3) is 0.438. The summed E-state index contributed by atoms with van der Waals surface area (Å²) in [5.74, 6) is 0.780. The number of amides is 1. The summed E-state index contributed by atoms with van der Waals surface area (Å²) in [6.07, 6.45) is 8.07. The summed E-state index contributed by atoms with van der Waals surface area (Å²) < 4.78 is 7.34. The van der Waals surface area contributed by atoms with Gasteiger partial charge in [-0.05, 0) is 24.8 Å². The zero-order valence-electron chi connectivity index (χ0n) is 13.0. The molecule has 122 valence electrons. The molecule has 3 heterocycles. The Kier molecular flexibility index (Phi) is 4.57. The van der Waals surface area contributed by atoms with Gasteiger partial charge in [-0.3, -0.25) is 9.78 Å². The predicted molar refractivity (Wildman–Crippen MR) is 82.9 cm³/mol. The summed E-state index contributed by atoms with van der Waals surface area (Å²) in [6, 6.07) is 1.20. The van der Waals surface area contributed by atoms with Gasteiger partial charge in [0.1, 0.15) is 11.6 Å². The molecule has 7 nitrogen and oxygen atoms in total. The lowest BCUT2D eigenvalue weighted by atomic mass is 9.91. The van der Waals surface area contributed by atoms with Crippen molar-refractivity contribution in [2.75, 3.05) is 13.2 Å². The van der Waals surface area contributed by atoms with Crippen molar-refractivity contribution < 1.29 is 14.6 Å². The van der Waals surface area contributed by atoms with E-state index >= 15 is 0 Å². The molecule has 2 aromatic heterocycles. The fourth-order valence-corrected chi connectivity index (χ4v) is 2.90. The number of aromatic nitrogens is 3. The first-order valence-corrected chi connectivity index (χ1v) is 7.65. The molecule has 0 bridgehead atoms. The van der Waals surface area contributed by atoms with Gasteiger partial charge in [0.15, 0.2) is 0 Å². The minimum atomic E-state index is -0.270. The normalized spacial score (nSPS) is 16.9. The number of hydrogen-bond donors (Lipinski definition) is 2. The lowest BCUT2D eigenvalue weighted by Crippen LogP contribution is -2.37. The zero-order valence-corrected chi connectivity index (χ0v) is 13.0. The molecule has 0 spiro atoms. The van der Waals surface area contributed by atoms with Gasteiger partial charge in [0.25, 0.3) is 5.91 Å². The lowest BCUT2D eigenvalue weighted by Gasteiger charge is -2.30. The van der Waals surface area contributed by atoms with Crippen molar-refractivity contribution in [2.24, 2.45) is 13.0 Å². The number of aryl methyl sites for hydroxylation is 1. The molecule has 0 aliphatic carbocycles. The van der Waals surface area contributed by atoms with E-state index in [2.05, 4.69) is 15.3 Å². The Bertz CT molecular complexity index is 679. The van der Waals surface area contributed by atoms with Crippen molar-refractivity contribution in [3.63, 3.8) is 0 Å². The number of ether oxygens (including phenoxy) is 1. The van der Waals surface area contributed by atoms with Gasteiger partial charge < -0.3 is 19.7 Å². The molecule has 0 aromatic carbocycles. The monoisotopic (exact) mass is 316 g/mol. The molecule has 0 saturated carbocycles. The summed E-state index contributed by atoms with van der Waals surface area (Å²) >= 11 is 0. The third-order valence-electron chi connectivity index (χ3n) is 4.15. The van der Waals surface area contributed by atoms with Gasteiger partial charge in [0.2, 0.25) is 0 Å². The molecule has 1 fully saturated rings. The van der Waals surface area contributed by atoms with Crippen LogP contribution in [0.4, 0.5) is 0 Å². The van der Waals surface area contributed by atoms with Crippen LogP contribution in [-0.2, 0) is 11.8 Å². The lowest BCUT2D eigenvalue weighted by molar-refractivity contribution is 0.0499. The number of hydrogen-bond acceptors (Lipinski definition) is 5. The van der Waals surface area contributed by atoms with Crippen LogP contribution in [0.3, 0.4) is 0 Å². The van der Waals surface area contributed by atoms with Crippen LogP contribution in [0.5, 0.6) is 5.75 Å². The molecule has 1 aliphatic heterocycles. The second kappa shape index (κ2) is 6.78. The highest BCUT2D eigenvalue weighted by molar-refractivity contribution is 5.94. The first-order valence-electron chi connectivity index (χ1n) is 7.65. The molecule has 1 atom stereocenters. The van der Waals surface area contributed by atoms with Crippen LogP contribution in [0.25, 0.3) is 0 Å². The average Bonchev–Trinajstić information content (AvgIpc) is 2.99. The predicted octanol–water partition coefficient (Wildman–Crippen LogP) is 1.42. The van der Waals surface area contributed by atoms with Gasteiger partial charge in [-0.1, -0.05) is 0 Å². The maximum atomic E-state index is 12.5.